The second-order valence-electron chi connectivity index (χ2n) is 2.69. The summed E-state index contributed by atoms with van der Waals surface area (Å²) in [5.74, 6) is -0.829. The first-order valence-corrected chi connectivity index (χ1v) is 4.83. The highest BCUT2D eigenvalue weighted by atomic mass is 17.0. The minimum atomic E-state index is -0.414. The SMILES string of the molecule is CCCN(OC(=O)CC)OC(=O)CC. The van der Waals surface area contributed by atoms with Gasteiger partial charge in [-0.05, 0) is 6.42 Å². The molecule has 5 heteroatoms. The summed E-state index contributed by atoms with van der Waals surface area (Å²) >= 11 is 0. The molecular formula is C9H17NO4. The molecule has 14 heavy (non-hydrogen) atoms. The maximum atomic E-state index is 10.9. The van der Waals surface area contributed by atoms with Gasteiger partial charge in [-0.2, -0.15) is 0 Å². The first-order valence-electron chi connectivity index (χ1n) is 4.83. The zero-order chi connectivity index (χ0) is 11.0. The van der Waals surface area contributed by atoms with Crippen molar-refractivity contribution in [2.24, 2.45) is 0 Å². The Morgan fingerprint density at radius 3 is 1.71 bits per heavy atom. The van der Waals surface area contributed by atoms with Crippen molar-refractivity contribution < 1.29 is 19.3 Å². The van der Waals surface area contributed by atoms with E-state index in [2.05, 4.69) is 0 Å². The van der Waals surface area contributed by atoms with E-state index >= 15 is 0 Å². The Balaban J connectivity index is 4.00. The van der Waals surface area contributed by atoms with E-state index in [4.69, 9.17) is 9.68 Å². The summed E-state index contributed by atoms with van der Waals surface area (Å²) in [5.41, 5.74) is 0. The molecule has 0 aromatic heterocycles. The summed E-state index contributed by atoms with van der Waals surface area (Å²) in [6, 6.07) is 0. The third-order valence-corrected chi connectivity index (χ3v) is 1.39. The topological polar surface area (TPSA) is 55.8 Å². The number of hydroxylamine groups is 2. The number of nitrogens with zero attached hydrogens (tertiary/aromatic N) is 1. The first-order chi connectivity index (χ1) is 6.63. The molecule has 0 saturated carbocycles. The van der Waals surface area contributed by atoms with Crippen LogP contribution in [0.3, 0.4) is 0 Å². The van der Waals surface area contributed by atoms with E-state index in [0.717, 1.165) is 11.6 Å². The van der Waals surface area contributed by atoms with Crippen LogP contribution in [0.2, 0.25) is 0 Å². The molecule has 0 atom stereocenters. The molecule has 0 spiro atoms. The highest BCUT2D eigenvalue weighted by Gasteiger charge is 2.13. The summed E-state index contributed by atoms with van der Waals surface area (Å²) in [4.78, 5) is 31.4. The average Bonchev–Trinajstić information content (AvgIpc) is 2.17. The van der Waals surface area contributed by atoms with Gasteiger partial charge in [-0.15, -0.1) is 0 Å². The molecule has 0 aromatic rings. The monoisotopic (exact) mass is 203 g/mol. The Bertz CT molecular complexity index is 175. The molecule has 0 saturated heterocycles. The molecule has 0 N–H and O–H groups in total. The molecule has 5 nitrogen and oxygen atoms in total. The lowest BCUT2D eigenvalue weighted by molar-refractivity contribution is -0.324. The highest BCUT2D eigenvalue weighted by molar-refractivity contribution is 5.69. The van der Waals surface area contributed by atoms with Crippen LogP contribution in [0.5, 0.6) is 0 Å². The van der Waals surface area contributed by atoms with Gasteiger partial charge in [0.2, 0.25) is 0 Å². The van der Waals surface area contributed by atoms with Crippen LogP contribution >= 0.6 is 0 Å². The molecule has 0 rings (SSSR count). The predicted octanol–water partition coefficient (Wildman–Crippen LogP) is 1.43. The van der Waals surface area contributed by atoms with E-state index in [9.17, 15) is 9.59 Å². The maximum absolute atomic E-state index is 10.9. The van der Waals surface area contributed by atoms with Gasteiger partial charge in [-0.1, -0.05) is 20.8 Å². The van der Waals surface area contributed by atoms with Crippen molar-refractivity contribution in [3.8, 4) is 0 Å². The number of hydrogen-bond donors (Lipinski definition) is 0. The summed E-state index contributed by atoms with van der Waals surface area (Å²) in [6.07, 6.45) is 1.24. The molecule has 82 valence electrons. The number of carbonyl (C=O) groups is 2. The van der Waals surface area contributed by atoms with Gasteiger partial charge in [0, 0.05) is 18.1 Å². The molecule has 0 heterocycles. The summed E-state index contributed by atoms with van der Waals surface area (Å²) in [6.45, 7) is 5.63. The normalized spacial score (nSPS) is 10.0. The Morgan fingerprint density at radius 2 is 1.43 bits per heavy atom. The van der Waals surface area contributed by atoms with Gasteiger partial charge in [-0.25, -0.2) is 0 Å². The van der Waals surface area contributed by atoms with Crippen molar-refractivity contribution in [3.05, 3.63) is 0 Å². The molecule has 0 aliphatic rings. The van der Waals surface area contributed by atoms with Crippen molar-refractivity contribution in [1.29, 1.82) is 0 Å². The predicted molar refractivity (Wildman–Crippen MR) is 49.8 cm³/mol. The van der Waals surface area contributed by atoms with Crippen LogP contribution in [0.15, 0.2) is 0 Å². The zero-order valence-corrected chi connectivity index (χ0v) is 8.91. The number of hydrogen-bond acceptors (Lipinski definition) is 5. The molecular weight excluding hydrogens is 186 g/mol. The smallest absolute Gasteiger partial charge is 0.328 e. The average molecular weight is 203 g/mol. The molecule has 0 aromatic carbocycles. The molecule has 0 radical (unpaired) electrons. The van der Waals surface area contributed by atoms with E-state index in [1.807, 2.05) is 6.92 Å². The Labute approximate surface area is 83.9 Å². The lowest BCUT2D eigenvalue weighted by atomic mass is 10.5. The zero-order valence-electron chi connectivity index (χ0n) is 8.91. The van der Waals surface area contributed by atoms with Crippen LogP contribution in [-0.2, 0) is 19.3 Å². The molecule has 0 fully saturated rings. The van der Waals surface area contributed by atoms with Crippen LogP contribution in [0, 0.1) is 0 Å². The quantitative estimate of drug-likeness (QED) is 0.611. The van der Waals surface area contributed by atoms with Gasteiger partial charge < -0.3 is 9.68 Å². The maximum Gasteiger partial charge on any atom is 0.328 e. The Kier molecular flexibility index (Phi) is 6.74. The van der Waals surface area contributed by atoms with E-state index in [-0.39, 0.29) is 12.8 Å². The van der Waals surface area contributed by atoms with E-state index in [1.165, 1.54) is 0 Å². The Morgan fingerprint density at radius 1 is 1.00 bits per heavy atom. The van der Waals surface area contributed by atoms with Crippen molar-refractivity contribution in [2.75, 3.05) is 6.54 Å². The molecule has 0 aliphatic heterocycles. The van der Waals surface area contributed by atoms with Crippen LogP contribution < -0.4 is 0 Å². The van der Waals surface area contributed by atoms with Gasteiger partial charge >= 0.3 is 11.9 Å². The highest BCUT2D eigenvalue weighted by Crippen LogP contribution is 1.99. The number of carbonyl (C=O) groups excluding carboxylic acids is 2. The van der Waals surface area contributed by atoms with Crippen molar-refractivity contribution in [1.82, 2.24) is 5.23 Å². The fourth-order valence-corrected chi connectivity index (χ4v) is 0.649. The van der Waals surface area contributed by atoms with Gasteiger partial charge in [-0.3, -0.25) is 9.59 Å². The van der Waals surface area contributed by atoms with Gasteiger partial charge in [0.1, 0.15) is 0 Å². The third-order valence-electron chi connectivity index (χ3n) is 1.39. The third kappa shape index (κ3) is 5.53. The largest absolute Gasteiger partial charge is 0.333 e. The number of rotatable bonds is 6. The summed E-state index contributed by atoms with van der Waals surface area (Å²) < 4.78 is 0. The van der Waals surface area contributed by atoms with Gasteiger partial charge in [0.05, 0.1) is 6.54 Å². The van der Waals surface area contributed by atoms with Crippen molar-refractivity contribution in [2.45, 2.75) is 40.0 Å². The molecule has 0 bridgehead atoms. The van der Waals surface area contributed by atoms with Crippen LogP contribution in [0.1, 0.15) is 40.0 Å². The first kappa shape index (κ1) is 12.9. The second-order valence-corrected chi connectivity index (χ2v) is 2.69. The molecule has 0 amide bonds. The van der Waals surface area contributed by atoms with Crippen LogP contribution in [0.25, 0.3) is 0 Å². The van der Waals surface area contributed by atoms with Gasteiger partial charge in [0.25, 0.3) is 0 Å². The van der Waals surface area contributed by atoms with Crippen LogP contribution in [0.4, 0.5) is 0 Å². The lowest BCUT2D eigenvalue weighted by Gasteiger charge is -2.18. The molecule has 0 unspecified atom stereocenters. The van der Waals surface area contributed by atoms with Crippen molar-refractivity contribution >= 4 is 11.9 Å². The fourth-order valence-electron chi connectivity index (χ4n) is 0.649. The summed E-state index contributed by atoms with van der Waals surface area (Å²) in [7, 11) is 0. The second kappa shape index (κ2) is 7.32. The summed E-state index contributed by atoms with van der Waals surface area (Å²) in [5, 5.41) is 0.942. The van der Waals surface area contributed by atoms with E-state index in [0.29, 0.717) is 6.54 Å². The van der Waals surface area contributed by atoms with E-state index < -0.39 is 11.9 Å². The lowest BCUT2D eigenvalue weighted by Crippen LogP contribution is -2.30. The van der Waals surface area contributed by atoms with Gasteiger partial charge in [0.15, 0.2) is 0 Å². The fraction of sp³-hybridized carbons (Fsp3) is 0.778. The Hall–Kier alpha value is -1.10. The minimum Gasteiger partial charge on any atom is -0.333 e. The van der Waals surface area contributed by atoms with Crippen LogP contribution in [-0.4, -0.2) is 23.7 Å². The van der Waals surface area contributed by atoms with Crippen molar-refractivity contribution in [3.63, 3.8) is 0 Å². The van der Waals surface area contributed by atoms with E-state index in [1.54, 1.807) is 13.8 Å². The molecule has 0 aliphatic carbocycles. The standard InChI is InChI=1S/C9H17NO4/c1-4-7-10(13-8(11)5-2)14-9(12)6-3/h4-7H2,1-3H3. The minimum absolute atomic E-state index is 0.254.